The smallest absolute Gasteiger partial charge is 0.341 e. The molecule has 3 saturated carbocycles. The number of hydrogen-bond donors (Lipinski definition) is 0. The second kappa shape index (κ2) is 12.6. The van der Waals surface area contributed by atoms with E-state index in [1.54, 1.807) is 0 Å². The van der Waals surface area contributed by atoms with Crippen molar-refractivity contribution in [3.05, 3.63) is 34.6 Å². The van der Waals surface area contributed by atoms with Crippen LogP contribution in [0.4, 0.5) is 4.39 Å². The fourth-order valence-electron chi connectivity index (χ4n) is 8.56. The average Bonchev–Trinajstić information content (AvgIpc) is 2.94. The topological polar surface area (TPSA) is 26.3 Å². The van der Waals surface area contributed by atoms with Crippen LogP contribution in [-0.4, -0.2) is 12.1 Å². The van der Waals surface area contributed by atoms with E-state index in [0.717, 1.165) is 60.5 Å². The quantitative estimate of drug-likeness (QED) is 0.257. The largest absolute Gasteiger partial charge is 0.458 e. The van der Waals surface area contributed by atoms with Gasteiger partial charge in [-0.15, -0.1) is 0 Å². The van der Waals surface area contributed by atoms with Crippen LogP contribution in [0.1, 0.15) is 150 Å². The van der Waals surface area contributed by atoms with E-state index in [4.69, 9.17) is 4.74 Å². The molecule has 4 aliphatic rings. The molecule has 0 saturated heterocycles. The first-order valence-corrected chi connectivity index (χ1v) is 16.1. The monoisotopic (exact) mass is 510 g/mol. The lowest BCUT2D eigenvalue weighted by molar-refractivity contribution is -0.00398. The standard InChI is InChI=1S/C34H51FO2/c1-3-5-6-7-24-10-14-27(15-11-24)30-21-20-29-22-31(37-34(36)32(29)33(30)35)28-18-16-26(17-19-28)25-12-8-23(4-2)9-13-25/h20-21,23-28,31H,3-19,22H2,1-2H3. The van der Waals surface area contributed by atoms with Crippen LogP contribution < -0.4 is 0 Å². The Morgan fingerprint density at radius 2 is 1.41 bits per heavy atom. The van der Waals surface area contributed by atoms with Crippen molar-refractivity contribution in [2.45, 2.75) is 141 Å². The second-order valence-electron chi connectivity index (χ2n) is 13.2. The summed E-state index contributed by atoms with van der Waals surface area (Å²) in [6, 6.07) is 4.07. The maximum absolute atomic E-state index is 15.7. The van der Waals surface area contributed by atoms with Crippen molar-refractivity contribution in [1.82, 2.24) is 0 Å². The molecule has 1 unspecified atom stereocenters. The molecule has 1 aromatic rings. The lowest BCUT2D eigenvalue weighted by Gasteiger charge is -2.40. The van der Waals surface area contributed by atoms with Gasteiger partial charge in [-0.2, -0.15) is 0 Å². The van der Waals surface area contributed by atoms with E-state index in [2.05, 4.69) is 19.9 Å². The van der Waals surface area contributed by atoms with Crippen LogP contribution in [0.15, 0.2) is 12.1 Å². The van der Waals surface area contributed by atoms with E-state index in [0.29, 0.717) is 12.3 Å². The minimum absolute atomic E-state index is 0.0689. The molecule has 3 aliphatic carbocycles. The normalized spacial score (nSPS) is 34.6. The van der Waals surface area contributed by atoms with Crippen LogP contribution in [0.25, 0.3) is 0 Å². The third kappa shape index (κ3) is 6.27. The summed E-state index contributed by atoms with van der Waals surface area (Å²) in [7, 11) is 0. The fourth-order valence-corrected chi connectivity index (χ4v) is 8.56. The molecule has 0 spiro atoms. The Labute approximate surface area is 225 Å². The zero-order valence-corrected chi connectivity index (χ0v) is 23.6. The fraction of sp³-hybridized carbons (Fsp3) is 0.794. The van der Waals surface area contributed by atoms with Crippen molar-refractivity contribution in [3.63, 3.8) is 0 Å². The number of benzene rings is 1. The van der Waals surface area contributed by atoms with Gasteiger partial charge in [-0.1, -0.05) is 70.9 Å². The molecule has 0 bridgehead atoms. The Bertz CT molecular complexity index is 885. The molecule has 5 rings (SSSR count). The summed E-state index contributed by atoms with van der Waals surface area (Å²) < 4.78 is 21.7. The minimum atomic E-state index is -0.404. The van der Waals surface area contributed by atoms with Crippen molar-refractivity contribution in [2.24, 2.45) is 29.6 Å². The molecule has 0 aromatic heterocycles. The summed E-state index contributed by atoms with van der Waals surface area (Å²) >= 11 is 0. The molecule has 3 heteroatoms. The van der Waals surface area contributed by atoms with Gasteiger partial charge >= 0.3 is 5.97 Å². The number of ether oxygens (including phenoxy) is 1. The molecule has 37 heavy (non-hydrogen) atoms. The number of rotatable bonds is 8. The van der Waals surface area contributed by atoms with Crippen molar-refractivity contribution in [2.75, 3.05) is 0 Å². The van der Waals surface area contributed by atoms with E-state index in [1.807, 2.05) is 6.07 Å². The third-order valence-electron chi connectivity index (χ3n) is 11.1. The van der Waals surface area contributed by atoms with Gasteiger partial charge in [0.1, 0.15) is 11.9 Å². The summed E-state index contributed by atoms with van der Waals surface area (Å²) in [6.07, 6.45) is 22.3. The molecule has 0 radical (unpaired) electrons. The number of carbonyl (C=O) groups is 1. The zero-order chi connectivity index (χ0) is 25.8. The number of carbonyl (C=O) groups excluding carboxylic acids is 1. The highest BCUT2D eigenvalue weighted by molar-refractivity contribution is 5.93. The Balaban J connectivity index is 1.15. The Hall–Kier alpha value is -1.38. The van der Waals surface area contributed by atoms with Crippen molar-refractivity contribution < 1.29 is 13.9 Å². The van der Waals surface area contributed by atoms with Gasteiger partial charge in [-0.25, -0.2) is 9.18 Å². The average molecular weight is 511 g/mol. The Kier molecular flexibility index (Phi) is 9.30. The first kappa shape index (κ1) is 27.2. The van der Waals surface area contributed by atoms with E-state index in [9.17, 15) is 4.79 Å². The van der Waals surface area contributed by atoms with Gasteiger partial charge in [0.15, 0.2) is 0 Å². The lowest BCUT2D eigenvalue weighted by atomic mass is 9.67. The predicted molar refractivity (Wildman–Crippen MR) is 149 cm³/mol. The Morgan fingerprint density at radius 1 is 0.784 bits per heavy atom. The number of unbranched alkanes of at least 4 members (excludes halogenated alkanes) is 2. The van der Waals surface area contributed by atoms with Crippen LogP contribution in [0.2, 0.25) is 0 Å². The van der Waals surface area contributed by atoms with Crippen molar-refractivity contribution in [3.8, 4) is 0 Å². The molecule has 3 fully saturated rings. The summed E-state index contributed by atoms with van der Waals surface area (Å²) in [4.78, 5) is 13.1. The van der Waals surface area contributed by atoms with E-state index >= 15 is 4.39 Å². The Morgan fingerprint density at radius 3 is 2.05 bits per heavy atom. The molecule has 2 nitrogen and oxygen atoms in total. The number of esters is 1. The number of cyclic esters (lactones) is 1. The van der Waals surface area contributed by atoms with Gasteiger partial charge in [0, 0.05) is 6.42 Å². The maximum atomic E-state index is 15.7. The van der Waals surface area contributed by atoms with Crippen molar-refractivity contribution in [1.29, 1.82) is 0 Å². The lowest BCUT2D eigenvalue weighted by Crippen LogP contribution is -2.37. The molecular weight excluding hydrogens is 459 g/mol. The third-order valence-corrected chi connectivity index (χ3v) is 11.1. The van der Waals surface area contributed by atoms with E-state index < -0.39 is 5.97 Å². The van der Waals surface area contributed by atoms with E-state index in [-0.39, 0.29) is 23.4 Å². The number of fused-ring (bicyclic) bond motifs is 1. The van der Waals surface area contributed by atoms with Gasteiger partial charge < -0.3 is 4.74 Å². The molecule has 0 amide bonds. The SMILES string of the molecule is CCCCCC1CCC(c2ccc3c(c2F)C(=O)OC(C2CCC(C4CCC(CC)CC4)CC2)C3)CC1. The predicted octanol–water partition coefficient (Wildman–Crippen LogP) is 9.78. The van der Waals surface area contributed by atoms with Gasteiger partial charge in [-0.3, -0.25) is 0 Å². The van der Waals surface area contributed by atoms with Crippen LogP contribution in [-0.2, 0) is 11.2 Å². The first-order chi connectivity index (χ1) is 18.1. The maximum Gasteiger partial charge on any atom is 0.341 e. The molecular formula is C34H51FO2. The highest BCUT2D eigenvalue weighted by Gasteiger charge is 2.39. The van der Waals surface area contributed by atoms with Crippen LogP contribution in [0.3, 0.4) is 0 Å². The summed E-state index contributed by atoms with van der Waals surface area (Å²) in [6.45, 7) is 4.60. The van der Waals surface area contributed by atoms with Gasteiger partial charge in [0.2, 0.25) is 0 Å². The molecule has 1 heterocycles. The van der Waals surface area contributed by atoms with Gasteiger partial charge in [0.25, 0.3) is 0 Å². The highest BCUT2D eigenvalue weighted by Crippen LogP contribution is 2.45. The molecule has 1 aromatic carbocycles. The molecule has 1 aliphatic heterocycles. The molecule has 0 N–H and O–H groups in total. The van der Waals surface area contributed by atoms with Crippen LogP contribution in [0, 0.1) is 35.4 Å². The van der Waals surface area contributed by atoms with E-state index in [1.165, 1.54) is 83.5 Å². The summed E-state index contributed by atoms with van der Waals surface area (Å²) in [5.41, 5.74) is 1.90. The van der Waals surface area contributed by atoms with Gasteiger partial charge in [0.05, 0.1) is 5.56 Å². The van der Waals surface area contributed by atoms with Crippen molar-refractivity contribution >= 4 is 5.97 Å². The minimum Gasteiger partial charge on any atom is -0.458 e. The summed E-state index contributed by atoms with van der Waals surface area (Å²) in [5, 5.41) is 0. The first-order valence-electron chi connectivity index (χ1n) is 16.1. The summed E-state index contributed by atoms with van der Waals surface area (Å²) in [5.74, 6) is 3.55. The van der Waals surface area contributed by atoms with Crippen LogP contribution >= 0.6 is 0 Å². The number of hydrogen-bond acceptors (Lipinski definition) is 2. The number of halogens is 1. The molecule has 1 atom stereocenters. The zero-order valence-electron chi connectivity index (χ0n) is 23.6. The molecule has 206 valence electrons. The highest BCUT2D eigenvalue weighted by atomic mass is 19.1. The van der Waals surface area contributed by atoms with Crippen LogP contribution in [0.5, 0.6) is 0 Å². The second-order valence-corrected chi connectivity index (χ2v) is 13.2. The van der Waals surface area contributed by atoms with Gasteiger partial charge in [-0.05, 0) is 111 Å².